The number of likely N-dealkylation sites (tertiary alicyclic amines) is 2. The van der Waals surface area contributed by atoms with E-state index in [1.165, 1.54) is 9.80 Å². The number of hydrogen-bond acceptors (Lipinski definition) is 8. The van der Waals surface area contributed by atoms with Crippen LogP contribution in [0.15, 0.2) is 9.81 Å². The molecule has 4 heterocycles. The van der Waals surface area contributed by atoms with Gasteiger partial charge in [-0.25, -0.2) is 0 Å². The van der Waals surface area contributed by atoms with E-state index in [4.69, 9.17) is 24.4 Å². The van der Waals surface area contributed by atoms with Crippen LogP contribution in [-0.2, 0) is 19.2 Å². The second kappa shape index (κ2) is 13.2. The van der Waals surface area contributed by atoms with Crippen LogP contribution < -0.4 is 0 Å². The zero-order valence-corrected chi connectivity index (χ0v) is 25.4. The molecule has 0 aliphatic carbocycles. The average molecular weight is 597 g/mol. The van der Waals surface area contributed by atoms with Crippen LogP contribution in [0, 0.1) is 11.8 Å². The standard InChI is InChI=1S/C26H36N4O4S4/c1-17-7-13-27(14-8-17)19(31)5-3-11-29-23(33)21(37-25(29)35)22-24(34)30(26(36)38-22)12-4-6-20(32)28-15-9-18(2)10-16-28/h17-18H,3-16H2,1-2H3/b22-21+. The number of amides is 4. The van der Waals surface area contributed by atoms with E-state index in [9.17, 15) is 19.2 Å². The van der Waals surface area contributed by atoms with Crippen molar-refractivity contribution in [3.05, 3.63) is 9.81 Å². The number of rotatable bonds is 8. The highest BCUT2D eigenvalue weighted by Crippen LogP contribution is 2.42. The predicted octanol–water partition coefficient (Wildman–Crippen LogP) is 4.00. The summed E-state index contributed by atoms with van der Waals surface area (Å²) in [6.45, 7) is 8.32. The lowest BCUT2D eigenvalue weighted by Gasteiger charge is -2.30. The summed E-state index contributed by atoms with van der Waals surface area (Å²) in [5.41, 5.74) is 0. The summed E-state index contributed by atoms with van der Waals surface area (Å²) >= 11 is 13.1. The van der Waals surface area contributed by atoms with E-state index in [0.29, 0.717) is 69.1 Å². The fourth-order valence-electron chi connectivity index (χ4n) is 5.06. The topological polar surface area (TPSA) is 81.2 Å². The van der Waals surface area contributed by atoms with Crippen LogP contribution in [0.3, 0.4) is 0 Å². The van der Waals surface area contributed by atoms with Crippen LogP contribution in [0.2, 0.25) is 0 Å². The number of carbonyl (C=O) groups excluding carboxylic acids is 4. The molecule has 0 aromatic heterocycles. The molecule has 12 heteroatoms. The third-order valence-corrected chi connectivity index (χ3v) is 10.7. The number of thioether (sulfide) groups is 2. The van der Waals surface area contributed by atoms with Crippen LogP contribution >= 0.6 is 48.0 Å². The molecule has 0 N–H and O–H groups in total. The molecule has 4 fully saturated rings. The Kier molecular flexibility index (Phi) is 10.3. The maximum atomic E-state index is 13.2. The fourth-order valence-corrected chi connectivity index (χ4v) is 7.84. The summed E-state index contributed by atoms with van der Waals surface area (Å²) in [4.78, 5) is 58.8. The third-order valence-electron chi connectivity index (χ3n) is 7.72. The maximum absolute atomic E-state index is 13.2. The van der Waals surface area contributed by atoms with Gasteiger partial charge < -0.3 is 9.80 Å². The van der Waals surface area contributed by atoms with Crippen molar-refractivity contribution in [2.75, 3.05) is 39.3 Å². The summed E-state index contributed by atoms with van der Waals surface area (Å²) in [6.07, 6.45) is 5.93. The molecule has 0 aromatic carbocycles. The van der Waals surface area contributed by atoms with Gasteiger partial charge in [-0.1, -0.05) is 61.8 Å². The minimum absolute atomic E-state index is 0.122. The van der Waals surface area contributed by atoms with E-state index in [2.05, 4.69) is 13.8 Å². The molecule has 0 unspecified atom stereocenters. The smallest absolute Gasteiger partial charge is 0.267 e. The molecule has 0 aromatic rings. The van der Waals surface area contributed by atoms with E-state index in [0.717, 1.165) is 75.4 Å². The van der Waals surface area contributed by atoms with E-state index in [1.54, 1.807) is 0 Å². The Hall–Kier alpha value is -1.50. The first kappa shape index (κ1) is 29.5. The Morgan fingerprint density at radius 1 is 0.711 bits per heavy atom. The van der Waals surface area contributed by atoms with Crippen LogP contribution in [0.4, 0.5) is 0 Å². The molecular weight excluding hydrogens is 561 g/mol. The van der Waals surface area contributed by atoms with Gasteiger partial charge >= 0.3 is 0 Å². The number of nitrogens with zero attached hydrogens (tertiary/aromatic N) is 4. The molecule has 8 nitrogen and oxygen atoms in total. The number of hydrogen-bond donors (Lipinski definition) is 0. The van der Waals surface area contributed by atoms with Crippen molar-refractivity contribution >= 4 is 80.2 Å². The minimum atomic E-state index is -0.297. The molecule has 4 amide bonds. The van der Waals surface area contributed by atoms with E-state index in [-0.39, 0.29) is 23.6 Å². The first-order valence-electron chi connectivity index (χ1n) is 13.5. The highest BCUT2D eigenvalue weighted by atomic mass is 32.2. The second-order valence-electron chi connectivity index (χ2n) is 10.6. The van der Waals surface area contributed by atoms with Crippen molar-refractivity contribution in [3.63, 3.8) is 0 Å². The quantitative estimate of drug-likeness (QED) is 0.307. The lowest BCUT2D eigenvalue weighted by Crippen LogP contribution is -2.38. The van der Waals surface area contributed by atoms with Crippen LogP contribution in [0.1, 0.15) is 65.2 Å². The average Bonchev–Trinajstić information content (AvgIpc) is 3.33. The summed E-state index contributed by atoms with van der Waals surface area (Å²) in [5.74, 6) is 0.970. The third kappa shape index (κ3) is 6.98. The Balaban J connectivity index is 1.27. The van der Waals surface area contributed by atoms with E-state index in [1.807, 2.05) is 9.80 Å². The highest BCUT2D eigenvalue weighted by Gasteiger charge is 2.41. The zero-order chi connectivity index (χ0) is 27.4. The summed E-state index contributed by atoms with van der Waals surface area (Å²) in [7, 11) is 0. The molecule has 4 aliphatic rings. The van der Waals surface area contributed by atoms with E-state index < -0.39 is 0 Å². The van der Waals surface area contributed by atoms with Crippen molar-refractivity contribution in [2.24, 2.45) is 11.8 Å². The Labute approximate surface area is 244 Å². The molecule has 4 saturated heterocycles. The lowest BCUT2D eigenvalue weighted by molar-refractivity contribution is -0.133. The van der Waals surface area contributed by atoms with Crippen LogP contribution in [-0.4, -0.2) is 91.1 Å². The monoisotopic (exact) mass is 596 g/mol. The van der Waals surface area contributed by atoms with Crippen molar-refractivity contribution in [2.45, 2.75) is 65.2 Å². The zero-order valence-electron chi connectivity index (χ0n) is 22.1. The van der Waals surface area contributed by atoms with Gasteiger partial charge in [-0.05, 0) is 50.4 Å². The first-order chi connectivity index (χ1) is 18.2. The van der Waals surface area contributed by atoms with Gasteiger partial charge in [0.2, 0.25) is 11.8 Å². The largest absolute Gasteiger partial charge is 0.343 e. The van der Waals surface area contributed by atoms with Crippen molar-refractivity contribution in [1.29, 1.82) is 0 Å². The summed E-state index contributed by atoms with van der Waals surface area (Å²) in [5, 5.41) is 0. The van der Waals surface area contributed by atoms with Crippen LogP contribution in [0.5, 0.6) is 0 Å². The number of piperidine rings is 2. The van der Waals surface area contributed by atoms with Gasteiger partial charge in [0.1, 0.15) is 8.64 Å². The molecule has 208 valence electrons. The van der Waals surface area contributed by atoms with Crippen LogP contribution in [0.25, 0.3) is 0 Å². The van der Waals surface area contributed by atoms with Gasteiger partial charge in [0.15, 0.2) is 0 Å². The summed E-state index contributed by atoms with van der Waals surface area (Å²) in [6, 6.07) is 0. The lowest BCUT2D eigenvalue weighted by atomic mass is 9.99. The fraction of sp³-hybridized carbons (Fsp3) is 0.692. The van der Waals surface area contributed by atoms with Gasteiger partial charge in [-0.3, -0.25) is 29.0 Å². The Morgan fingerprint density at radius 2 is 1.05 bits per heavy atom. The first-order valence-corrected chi connectivity index (χ1v) is 16.0. The minimum Gasteiger partial charge on any atom is -0.343 e. The maximum Gasteiger partial charge on any atom is 0.267 e. The van der Waals surface area contributed by atoms with Crippen molar-refractivity contribution in [1.82, 2.24) is 19.6 Å². The molecule has 0 atom stereocenters. The predicted molar refractivity (Wildman–Crippen MR) is 159 cm³/mol. The summed E-state index contributed by atoms with van der Waals surface area (Å²) < 4.78 is 0.798. The molecule has 0 radical (unpaired) electrons. The van der Waals surface area contributed by atoms with Gasteiger partial charge in [0.25, 0.3) is 11.8 Å². The van der Waals surface area contributed by atoms with Gasteiger partial charge in [0.05, 0.1) is 9.81 Å². The normalized spacial score (nSPS) is 23.8. The Morgan fingerprint density at radius 3 is 1.39 bits per heavy atom. The molecular formula is C26H36N4O4S4. The highest BCUT2D eigenvalue weighted by molar-refractivity contribution is 8.29. The second-order valence-corrected chi connectivity index (χ2v) is 13.9. The van der Waals surface area contributed by atoms with E-state index >= 15 is 0 Å². The Bertz CT molecular complexity index is 952. The molecule has 38 heavy (non-hydrogen) atoms. The van der Waals surface area contributed by atoms with Crippen molar-refractivity contribution < 1.29 is 19.2 Å². The molecule has 0 spiro atoms. The molecule has 0 saturated carbocycles. The SMILES string of the molecule is CC1CCN(C(=O)CCCN2C(=O)/C(=C3\SC(=S)N(CCCC(=O)N4CCC(C)CC4)C3=O)SC2=S)CC1. The van der Waals surface area contributed by atoms with Gasteiger partial charge in [-0.2, -0.15) is 0 Å². The molecule has 4 rings (SSSR count). The number of carbonyl (C=O) groups is 4. The van der Waals surface area contributed by atoms with Gasteiger partial charge in [-0.15, -0.1) is 0 Å². The van der Waals surface area contributed by atoms with Crippen molar-refractivity contribution in [3.8, 4) is 0 Å². The number of thiocarbonyl (C=S) groups is 2. The van der Waals surface area contributed by atoms with Gasteiger partial charge in [0, 0.05) is 52.1 Å². The molecule has 4 aliphatic heterocycles. The molecule has 0 bridgehead atoms.